The fraction of sp³-hybridized carbons (Fsp3) is 0.188. The number of amides is 1. The van der Waals surface area contributed by atoms with Gasteiger partial charge in [-0.05, 0) is 25.5 Å². The molecule has 0 atom stereocenters. The van der Waals surface area contributed by atoms with E-state index in [1.165, 1.54) is 23.7 Å². The summed E-state index contributed by atoms with van der Waals surface area (Å²) >= 11 is 7.18. The number of hydrogen-bond acceptors (Lipinski definition) is 6. The summed E-state index contributed by atoms with van der Waals surface area (Å²) in [6, 6.07) is 3.78. The van der Waals surface area contributed by atoms with Crippen molar-refractivity contribution in [3.8, 4) is 5.75 Å². The Morgan fingerprint density at radius 3 is 2.80 bits per heavy atom. The van der Waals surface area contributed by atoms with Gasteiger partial charge in [-0.15, -0.1) is 0 Å². The summed E-state index contributed by atoms with van der Waals surface area (Å²) in [4.78, 5) is 17.2. The Morgan fingerprint density at radius 2 is 2.12 bits per heavy atom. The molecule has 1 amide bonds. The number of anilines is 3. The van der Waals surface area contributed by atoms with Gasteiger partial charge in [0.1, 0.15) is 21.5 Å². The number of hydrogen-bond donors (Lipinski definition) is 3. The monoisotopic (exact) mass is 377 g/mol. The second-order valence-electron chi connectivity index (χ2n) is 5.29. The van der Waals surface area contributed by atoms with E-state index in [0.29, 0.717) is 20.8 Å². The maximum atomic E-state index is 12.5. The molecule has 130 valence electrons. The van der Waals surface area contributed by atoms with Crippen molar-refractivity contribution in [3.63, 3.8) is 0 Å². The third kappa shape index (κ3) is 3.59. The summed E-state index contributed by atoms with van der Waals surface area (Å²) in [5.41, 5.74) is 2.57. The number of carbonyl (C=O) groups excluding carboxylic acids is 1. The van der Waals surface area contributed by atoms with Crippen LogP contribution in [0.1, 0.15) is 20.8 Å². The number of benzene rings is 1. The molecule has 2 aromatic heterocycles. The van der Waals surface area contributed by atoms with Crippen molar-refractivity contribution in [1.29, 1.82) is 0 Å². The van der Waals surface area contributed by atoms with Crippen molar-refractivity contribution in [2.24, 2.45) is 0 Å². The second kappa shape index (κ2) is 7.12. The highest BCUT2D eigenvalue weighted by Gasteiger charge is 2.16. The number of carbonyl (C=O) groups is 1. The predicted molar refractivity (Wildman–Crippen MR) is 99.4 cm³/mol. The topological polar surface area (TPSA) is 91.9 Å². The minimum absolute atomic E-state index is 0.235. The van der Waals surface area contributed by atoms with E-state index < -0.39 is 0 Å². The standard InChI is InChI=1S/C16H16ClN5O2S/c1-8-4-5-11(24-3)9(2)13(8)20-15(23)12-7-18-16(25-12)21-14-10(17)6-19-22-14/h4-7H,1-3H3,(H,20,23)(H2,18,19,21,22). The SMILES string of the molecule is COc1ccc(C)c(NC(=O)c2cnc(Nc3[nH]ncc3Cl)s2)c1C. The van der Waals surface area contributed by atoms with E-state index in [2.05, 4.69) is 25.8 Å². The molecular formula is C16H16ClN5O2S. The van der Waals surface area contributed by atoms with Gasteiger partial charge in [0.15, 0.2) is 5.13 Å². The normalized spacial score (nSPS) is 10.6. The largest absolute Gasteiger partial charge is 0.496 e. The Bertz CT molecular complexity index is 921. The molecule has 3 rings (SSSR count). The molecule has 0 saturated carbocycles. The quantitative estimate of drug-likeness (QED) is 0.621. The summed E-state index contributed by atoms with van der Waals surface area (Å²) < 4.78 is 5.31. The average Bonchev–Trinajstić information content (AvgIpc) is 3.21. The molecule has 0 aliphatic carbocycles. The van der Waals surface area contributed by atoms with Crippen LogP contribution in [0.3, 0.4) is 0 Å². The number of aromatic amines is 1. The molecule has 0 fully saturated rings. The molecule has 0 unspecified atom stereocenters. The van der Waals surface area contributed by atoms with Crippen LogP contribution >= 0.6 is 22.9 Å². The molecule has 1 aromatic carbocycles. The van der Waals surface area contributed by atoms with Crippen molar-refractivity contribution in [2.45, 2.75) is 13.8 Å². The van der Waals surface area contributed by atoms with Crippen LogP contribution in [0.25, 0.3) is 0 Å². The highest BCUT2D eigenvalue weighted by Crippen LogP contribution is 2.30. The van der Waals surface area contributed by atoms with Crippen molar-refractivity contribution >= 4 is 45.5 Å². The maximum Gasteiger partial charge on any atom is 0.267 e. The molecule has 0 radical (unpaired) electrons. The smallest absolute Gasteiger partial charge is 0.267 e. The number of thiazole rings is 1. The first kappa shape index (κ1) is 17.2. The maximum absolute atomic E-state index is 12.5. The van der Waals surface area contributed by atoms with Gasteiger partial charge in [-0.1, -0.05) is 29.0 Å². The van der Waals surface area contributed by atoms with Gasteiger partial charge in [0.05, 0.1) is 25.2 Å². The molecule has 25 heavy (non-hydrogen) atoms. The van der Waals surface area contributed by atoms with E-state index in [0.717, 1.165) is 22.6 Å². The number of H-pyrrole nitrogens is 1. The summed E-state index contributed by atoms with van der Waals surface area (Å²) in [5, 5.41) is 13.4. The number of nitrogens with one attached hydrogen (secondary N) is 3. The van der Waals surface area contributed by atoms with Crippen LogP contribution < -0.4 is 15.4 Å². The zero-order valence-corrected chi connectivity index (χ0v) is 15.4. The first-order chi connectivity index (χ1) is 12.0. The van der Waals surface area contributed by atoms with Crippen molar-refractivity contribution in [1.82, 2.24) is 15.2 Å². The highest BCUT2D eigenvalue weighted by atomic mass is 35.5. The Morgan fingerprint density at radius 1 is 1.32 bits per heavy atom. The van der Waals surface area contributed by atoms with Crippen LogP contribution in [0.4, 0.5) is 16.6 Å². The number of aryl methyl sites for hydroxylation is 1. The van der Waals surface area contributed by atoms with Gasteiger partial charge in [0.25, 0.3) is 5.91 Å². The average molecular weight is 378 g/mol. The molecule has 2 heterocycles. The Labute approximate surface area is 153 Å². The molecule has 9 heteroatoms. The molecule has 0 aliphatic heterocycles. The van der Waals surface area contributed by atoms with Gasteiger partial charge in [-0.25, -0.2) is 4.98 Å². The number of nitrogens with zero attached hydrogens (tertiary/aromatic N) is 2. The fourth-order valence-electron chi connectivity index (χ4n) is 2.32. The lowest BCUT2D eigenvalue weighted by Crippen LogP contribution is -2.12. The first-order valence-electron chi connectivity index (χ1n) is 7.37. The van der Waals surface area contributed by atoms with E-state index in [1.807, 2.05) is 26.0 Å². The molecule has 3 aromatic rings. The number of methoxy groups -OCH3 is 1. The zero-order valence-electron chi connectivity index (χ0n) is 13.8. The molecule has 3 N–H and O–H groups in total. The summed E-state index contributed by atoms with van der Waals surface area (Å²) in [5.74, 6) is 1.02. The molecule has 0 spiro atoms. The van der Waals surface area contributed by atoms with Gasteiger partial charge < -0.3 is 15.4 Å². The van der Waals surface area contributed by atoms with Gasteiger partial charge in [0, 0.05) is 5.56 Å². The molecule has 0 bridgehead atoms. The third-order valence-electron chi connectivity index (χ3n) is 3.64. The highest BCUT2D eigenvalue weighted by molar-refractivity contribution is 7.17. The van der Waals surface area contributed by atoms with Crippen LogP contribution in [-0.2, 0) is 0 Å². The lowest BCUT2D eigenvalue weighted by molar-refractivity contribution is 0.103. The second-order valence-corrected chi connectivity index (χ2v) is 6.72. The zero-order chi connectivity index (χ0) is 18.0. The first-order valence-corrected chi connectivity index (χ1v) is 8.56. The summed E-state index contributed by atoms with van der Waals surface area (Å²) in [6.45, 7) is 3.84. The third-order valence-corrected chi connectivity index (χ3v) is 4.83. The van der Waals surface area contributed by atoms with Gasteiger partial charge in [-0.2, -0.15) is 5.10 Å². The number of halogens is 1. The molecule has 7 nitrogen and oxygen atoms in total. The Hall–Kier alpha value is -2.58. The summed E-state index contributed by atoms with van der Waals surface area (Å²) in [6.07, 6.45) is 3.00. The van der Waals surface area contributed by atoms with E-state index in [-0.39, 0.29) is 5.91 Å². The predicted octanol–water partition coefficient (Wildman–Crippen LogP) is 4.14. The number of aromatic nitrogens is 3. The van der Waals surface area contributed by atoms with Crippen LogP contribution in [0.5, 0.6) is 5.75 Å². The molecule has 0 saturated heterocycles. The minimum Gasteiger partial charge on any atom is -0.496 e. The van der Waals surface area contributed by atoms with E-state index in [9.17, 15) is 4.79 Å². The van der Waals surface area contributed by atoms with Gasteiger partial charge in [0.2, 0.25) is 0 Å². The van der Waals surface area contributed by atoms with Gasteiger partial charge in [-0.3, -0.25) is 9.89 Å². The Balaban J connectivity index is 1.78. The Kier molecular flexibility index (Phi) is 4.91. The molecular weight excluding hydrogens is 362 g/mol. The van der Waals surface area contributed by atoms with E-state index in [1.54, 1.807) is 7.11 Å². The van der Waals surface area contributed by atoms with Crippen molar-refractivity contribution in [3.05, 3.63) is 45.6 Å². The van der Waals surface area contributed by atoms with E-state index >= 15 is 0 Å². The number of ether oxygens (including phenoxy) is 1. The van der Waals surface area contributed by atoms with Crippen LogP contribution in [0.2, 0.25) is 5.02 Å². The summed E-state index contributed by atoms with van der Waals surface area (Å²) in [7, 11) is 1.60. The fourth-order valence-corrected chi connectivity index (χ4v) is 3.17. The van der Waals surface area contributed by atoms with Crippen LogP contribution in [-0.4, -0.2) is 28.2 Å². The lowest BCUT2D eigenvalue weighted by atomic mass is 10.1. The van der Waals surface area contributed by atoms with Crippen molar-refractivity contribution in [2.75, 3.05) is 17.7 Å². The number of rotatable bonds is 5. The minimum atomic E-state index is -0.235. The van der Waals surface area contributed by atoms with E-state index in [4.69, 9.17) is 16.3 Å². The van der Waals surface area contributed by atoms with Crippen LogP contribution in [0, 0.1) is 13.8 Å². The van der Waals surface area contributed by atoms with Crippen LogP contribution in [0.15, 0.2) is 24.5 Å². The van der Waals surface area contributed by atoms with Gasteiger partial charge >= 0.3 is 0 Å². The van der Waals surface area contributed by atoms with Crippen molar-refractivity contribution < 1.29 is 9.53 Å². The molecule has 0 aliphatic rings. The lowest BCUT2D eigenvalue weighted by Gasteiger charge is -2.14.